The second-order valence-corrected chi connectivity index (χ2v) is 6.99. The minimum Gasteiger partial charge on any atom is -0.336 e. The molecular weight excluding hydrogens is 344 g/mol. The molecule has 4 heterocycles. The van der Waals surface area contributed by atoms with E-state index in [2.05, 4.69) is 20.5 Å². The van der Waals surface area contributed by atoms with Crippen LogP contribution in [0.3, 0.4) is 0 Å². The fourth-order valence-corrected chi connectivity index (χ4v) is 3.92. The highest BCUT2D eigenvalue weighted by atomic mass is 32.1. The number of tetrazole rings is 1. The van der Waals surface area contributed by atoms with Crippen molar-refractivity contribution in [3.63, 3.8) is 0 Å². The van der Waals surface area contributed by atoms with Crippen molar-refractivity contribution in [2.45, 2.75) is 6.54 Å². The van der Waals surface area contributed by atoms with Crippen LogP contribution >= 0.6 is 22.7 Å². The molecule has 0 spiro atoms. The summed E-state index contributed by atoms with van der Waals surface area (Å²) in [7, 11) is 1.76. The van der Waals surface area contributed by atoms with Gasteiger partial charge in [-0.05, 0) is 34.0 Å². The maximum Gasteiger partial charge on any atom is 0.255 e. The average molecular weight is 356 g/mol. The van der Waals surface area contributed by atoms with Crippen molar-refractivity contribution in [2.75, 3.05) is 7.05 Å². The van der Waals surface area contributed by atoms with E-state index in [-0.39, 0.29) is 5.91 Å². The number of fused-ring (bicyclic) bond motifs is 1. The summed E-state index contributed by atoms with van der Waals surface area (Å²) in [5.41, 5.74) is 2.02. The molecule has 120 valence electrons. The van der Waals surface area contributed by atoms with Gasteiger partial charge in [0.2, 0.25) is 0 Å². The molecule has 0 aliphatic carbocycles. The predicted octanol–water partition coefficient (Wildman–Crippen LogP) is 2.58. The molecule has 0 fully saturated rings. The molecule has 0 saturated heterocycles. The Kier molecular flexibility index (Phi) is 3.79. The van der Waals surface area contributed by atoms with Gasteiger partial charge in [-0.2, -0.15) is 4.52 Å². The van der Waals surface area contributed by atoms with Crippen LogP contribution in [-0.2, 0) is 6.54 Å². The monoisotopic (exact) mass is 356 g/mol. The Morgan fingerprint density at radius 2 is 2.21 bits per heavy atom. The summed E-state index contributed by atoms with van der Waals surface area (Å²) in [4.78, 5) is 20.0. The van der Waals surface area contributed by atoms with E-state index < -0.39 is 0 Å². The van der Waals surface area contributed by atoms with Crippen molar-refractivity contribution in [3.05, 3.63) is 52.5 Å². The van der Waals surface area contributed by atoms with Crippen molar-refractivity contribution in [1.29, 1.82) is 0 Å². The minimum atomic E-state index is -0.0990. The largest absolute Gasteiger partial charge is 0.336 e. The van der Waals surface area contributed by atoms with Gasteiger partial charge >= 0.3 is 0 Å². The number of carbonyl (C=O) groups is 1. The number of thiophene rings is 1. The first-order chi connectivity index (χ1) is 11.7. The second-order valence-electron chi connectivity index (χ2n) is 5.18. The highest BCUT2D eigenvalue weighted by molar-refractivity contribution is 7.20. The third-order valence-electron chi connectivity index (χ3n) is 3.47. The molecule has 24 heavy (non-hydrogen) atoms. The molecule has 4 aromatic rings. The Labute approximate surface area is 145 Å². The minimum absolute atomic E-state index is 0.0990. The van der Waals surface area contributed by atoms with Crippen LogP contribution < -0.4 is 0 Å². The van der Waals surface area contributed by atoms with Gasteiger partial charge in [0.1, 0.15) is 5.01 Å². The lowest BCUT2D eigenvalue weighted by molar-refractivity contribution is 0.0783. The summed E-state index contributed by atoms with van der Waals surface area (Å²) in [5.74, 6) is -0.0990. The van der Waals surface area contributed by atoms with Gasteiger partial charge in [0.15, 0.2) is 5.65 Å². The van der Waals surface area contributed by atoms with E-state index in [0.29, 0.717) is 17.8 Å². The Hall–Kier alpha value is -2.65. The topological polar surface area (TPSA) is 76.3 Å². The quantitative estimate of drug-likeness (QED) is 0.562. The number of aromatic nitrogens is 5. The molecule has 7 nitrogen and oxygen atoms in total. The van der Waals surface area contributed by atoms with Crippen molar-refractivity contribution < 1.29 is 4.79 Å². The molecule has 1 amide bonds. The Morgan fingerprint density at radius 1 is 1.29 bits per heavy atom. The van der Waals surface area contributed by atoms with Crippen LogP contribution in [0.15, 0.2) is 41.2 Å². The van der Waals surface area contributed by atoms with E-state index in [1.807, 2.05) is 22.9 Å². The number of carbonyl (C=O) groups excluding carboxylic acids is 1. The number of hydrogen-bond donors (Lipinski definition) is 0. The Bertz CT molecular complexity index is 990. The standard InChI is InChI=1S/C15H12N6OS2/c1-20(8-11-9-24-14(16-11)12-3-2-6-23-12)15(22)10-4-5-13-17-18-19-21(13)7-10/h2-7,9H,8H2,1H3. The Balaban J connectivity index is 1.51. The molecule has 0 atom stereocenters. The van der Waals surface area contributed by atoms with Gasteiger partial charge in [-0.3, -0.25) is 4.79 Å². The van der Waals surface area contributed by atoms with Crippen molar-refractivity contribution in [2.24, 2.45) is 0 Å². The number of nitrogens with zero attached hydrogens (tertiary/aromatic N) is 6. The summed E-state index contributed by atoms with van der Waals surface area (Å²) in [6.07, 6.45) is 1.63. The molecule has 0 aliphatic heterocycles. The van der Waals surface area contributed by atoms with Crippen molar-refractivity contribution >= 4 is 34.2 Å². The van der Waals surface area contributed by atoms with Crippen molar-refractivity contribution in [3.8, 4) is 9.88 Å². The first-order valence-corrected chi connectivity index (χ1v) is 8.88. The van der Waals surface area contributed by atoms with Crippen LogP contribution in [0.1, 0.15) is 16.1 Å². The van der Waals surface area contributed by atoms with Crippen LogP contribution in [-0.4, -0.2) is 42.9 Å². The zero-order valence-corrected chi connectivity index (χ0v) is 14.3. The normalized spacial score (nSPS) is 11.0. The zero-order chi connectivity index (χ0) is 16.5. The van der Waals surface area contributed by atoms with E-state index in [1.54, 1.807) is 53.0 Å². The molecule has 0 saturated carbocycles. The number of pyridine rings is 1. The van der Waals surface area contributed by atoms with Crippen LogP contribution in [0.4, 0.5) is 0 Å². The molecule has 0 aliphatic rings. The molecule has 4 aromatic heterocycles. The van der Waals surface area contributed by atoms with Crippen molar-refractivity contribution in [1.82, 2.24) is 29.9 Å². The molecule has 0 unspecified atom stereocenters. The predicted molar refractivity (Wildman–Crippen MR) is 92.0 cm³/mol. The molecule has 0 bridgehead atoms. The van der Waals surface area contributed by atoms with Crippen LogP contribution in [0.25, 0.3) is 15.5 Å². The maximum absolute atomic E-state index is 12.6. The number of hydrogen-bond acceptors (Lipinski definition) is 7. The van der Waals surface area contributed by atoms with E-state index in [0.717, 1.165) is 15.6 Å². The van der Waals surface area contributed by atoms with Gasteiger partial charge < -0.3 is 4.90 Å². The van der Waals surface area contributed by atoms with Gasteiger partial charge in [-0.1, -0.05) is 6.07 Å². The molecule has 9 heteroatoms. The smallest absolute Gasteiger partial charge is 0.255 e. The summed E-state index contributed by atoms with van der Waals surface area (Å²) in [6.45, 7) is 0.453. The van der Waals surface area contributed by atoms with Gasteiger partial charge in [0.25, 0.3) is 5.91 Å². The number of rotatable bonds is 4. The second kappa shape index (κ2) is 6.10. The SMILES string of the molecule is CN(Cc1csc(-c2cccs2)n1)C(=O)c1ccc2nnnn2c1. The highest BCUT2D eigenvalue weighted by Crippen LogP contribution is 2.28. The third kappa shape index (κ3) is 2.79. The Morgan fingerprint density at radius 3 is 3.04 bits per heavy atom. The van der Waals surface area contributed by atoms with Crippen LogP contribution in [0, 0.1) is 0 Å². The first kappa shape index (κ1) is 14.9. The zero-order valence-electron chi connectivity index (χ0n) is 12.7. The van der Waals surface area contributed by atoms with Gasteiger partial charge in [0, 0.05) is 18.6 Å². The summed E-state index contributed by atoms with van der Waals surface area (Å²) in [6, 6.07) is 7.50. The lowest BCUT2D eigenvalue weighted by Crippen LogP contribution is -2.26. The molecule has 0 radical (unpaired) electrons. The molecule has 0 N–H and O–H groups in total. The van der Waals surface area contributed by atoms with E-state index in [4.69, 9.17) is 0 Å². The van der Waals surface area contributed by atoms with E-state index >= 15 is 0 Å². The fourth-order valence-electron chi connectivity index (χ4n) is 2.30. The summed E-state index contributed by atoms with van der Waals surface area (Å²) >= 11 is 3.25. The van der Waals surface area contributed by atoms with Gasteiger partial charge in [0.05, 0.1) is 22.7 Å². The van der Waals surface area contributed by atoms with E-state index in [1.165, 1.54) is 4.52 Å². The lowest BCUT2D eigenvalue weighted by Gasteiger charge is -2.15. The van der Waals surface area contributed by atoms with E-state index in [9.17, 15) is 4.79 Å². The van der Waals surface area contributed by atoms with Gasteiger partial charge in [-0.15, -0.1) is 27.8 Å². The van der Waals surface area contributed by atoms with Crippen LogP contribution in [0.2, 0.25) is 0 Å². The summed E-state index contributed by atoms with van der Waals surface area (Å²) in [5, 5.41) is 16.2. The lowest BCUT2D eigenvalue weighted by atomic mass is 10.2. The molecular formula is C15H12N6OS2. The fraction of sp³-hybridized carbons (Fsp3) is 0.133. The van der Waals surface area contributed by atoms with Crippen LogP contribution in [0.5, 0.6) is 0 Å². The molecule has 0 aromatic carbocycles. The van der Waals surface area contributed by atoms with Gasteiger partial charge in [-0.25, -0.2) is 4.98 Å². The first-order valence-electron chi connectivity index (χ1n) is 7.12. The molecule has 4 rings (SSSR count). The maximum atomic E-state index is 12.6. The number of thiazole rings is 1. The summed E-state index contributed by atoms with van der Waals surface area (Å²) < 4.78 is 1.48. The average Bonchev–Trinajstić information content (AvgIpc) is 3.33. The third-order valence-corrected chi connectivity index (χ3v) is 5.40. The number of amides is 1. The highest BCUT2D eigenvalue weighted by Gasteiger charge is 2.15.